The molecule has 2 heterocycles. The average Bonchev–Trinajstić information content (AvgIpc) is 2.67. The molecule has 0 saturated heterocycles. The second-order valence-corrected chi connectivity index (χ2v) is 7.34. The highest BCUT2D eigenvalue weighted by atomic mass is 32.2. The first-order chi connectivity index (χ1) is 13.9. The summed E-state index contributed by atoms with van der Waals surface area (Å²) >= 11 is 1.52. The Hall–Kier alpha value is -3.41. The van der Waals surface area contributed by atoms with E-state index in [1.807, 2.05) is 18.2 Å². The molecular formula is C17H25N9O2S+2. The molecule has 154 valence electrons. The van der Waals surface area contributed by atoms with Gasteiger partial charge < -0.3 is 10.1 Å². The molecule has 0 amide bonds. The smallest absolute Gasteiger partial charge is 0.349 e. The minimum Gasteiger partial charge on any atom is -0.488 e. The number of nitrogens with two attached hydrogens (primary N) is 4. The first-order valence-corrected chi connectivity index (χ1v) is 9.81. The van der Waals surface area contributed by atoms with E-state index < -0.39 is 0 Å². The van der Waals surface area contributed by atoms with Crippen molar-refractivity contribution >= 4 is 35.2 Å². The maximum absolute atomic E-state index is 12.4. The summed E-state index contributed by atoms with van der Waals surface area (Å²) in [4.78, 5) is 24.0. The van der Waals surface area contributed by atoms with Gasteiger partial charge in [0.15, 0.2) is 5.82 Å². The lowest BCUT2D eigenvalue weighted by Crippen LogP contribution is -2.79. The van der Waals surface area contributed by atoms with E-state index in [1.165, 1.54) is 11.8 Å². The number of hydrogen-bond donors (Lipinski definition) is 7. The van der Waals surface area contributed by atoms with E-state index in [4.69, 9.17) is 27.7 Å². The van der Waals surface area contributed by atoms with Gasteiger partial charge in [0.1, 0.15) is 12.4 Å². The van der Waals surface area contributed by atoms with Gasteiger partial charge in [-0.25, -0.2) is 4.79 Å². The van der Waals surface area contributed by atoms with E-state index in [-0.39, 0.29) is 17.6 Å². The van der Waals surface area contributed by atoms with Crippen LogP contribution in [-0.2, 0) is 6.54 Å². The van der Waals surface area contributed by atoms with Crippen LogP contribution in [0.4, 0.5) is 11.5 Å². The predicted molar refractivity (Wildman–Crippen MR) is 111 cm³/mol. The lowest BCUT2D eigenvalue weighted by molar-refractivity contribution is -0.461. The Morgan fingerprint density at radius 3 is 2.66 bits per heavy atom. The lowest BCUT2D eigenvalue weighted by Gasteiger charge is -2.22. The molecule has 0 saturated carbocycles. The normalized spacial score (nSPS) is 11.6. The number of hydrogen-bond acceptors (Lipinski definition) is 5. The molecular weight excluding hydrogens is 394 g/mol. The quantitative estimate of drug-likeness (QED) is 0.108. The standard InChI is InChI=1S/C17H23N9O2S/c18-15(19)22-5-2-7-26-9-12-14(25-17(26)27)24-13-10(3-1-4-11(13)29-12)28-8-6-23-16(20)21/h1,3-4,9H,2,5-8H2,(H4,18,19,22)(H4,20,21,23)(H,24,25,27)/p+2. The second kappa shape index (κ2) is 9.19. The molecule has 1 aromatic heterocycles. The van der Waals surface area contributed by atoms with Crippen molar-refractivity contribution in [3.8, 4) is 5.75 Å². The predicted octanol–water partition coefficient (Wildman–Crippen LogP) is -4.07. The molecule has 11 N–H and O–H groups in total. The van der Waals surface area contributed by atoms with Crippen molar-refractivity contribution in [2.75, 3.05) is 25.0 Å². The van der Waals surface area contributed by atoms with Crippen LogP contribution in [0.25, 0.3) is 0 Å². The number of guanidine groups is 2. The Balaban J connectivity index is 1.73. The third-order valence-electron chi connectivity index (χ3n) is 4.00. The minimum absolute atomic E-state index is 0.146. The Morgan fingerprint density at radius 2 is 1.90 bits per heavy atom. The van der Waals surface area contributed by atoms with Crippen molar-refractivity contribution in [2.45, 2.75) is 22.8 Å². The van der Waals surface area contributed by atoms with Crippen molar-refractivity contribution < 1.29 is 14.7 Å². The largest absolute Gasteiger partial charge is 0.488 e. The highest BCUT2D eigenvalue weighted by Gasteiger charge is 2.21. The fourth-order valence-corrected chi connectivity index (χ4v) is 3.72. The van der Waals surface area contributed by atoms with Gasteiger partial charge in [-0.05, 0) is 18.6 Å². The molecule has 0 atom stereocenters. The number of aromatic nitrogens is 2. The van der Waals surface area contributed by atoms with Crippen molar-refractivity contribution in [2.24, 2.45) is 22.9 Å². The number of ether oxygens (including phenoxy) is 1. The zero-order valence-corrected chi connectivity index (χ0v) is 16.6. The van der Waals surface area contributed by atoms with Crippen LogP contribution in [0.2, 0.25) is 0 Å². The number of nitrogens with zero attached hydrogens (tertiary/aromatic N) is 2. The highest BCUT2D eigenvalue weighted by Crippen LogP contribution is 2.46. The summed E-state index contributed by atoms with van der Waals surface area (Å²) in [5.41, 5.74) is 21.9. The van der Waals surface area contributed by atoms with Crippen molar-refractivity contribution in [1.82, 2.24) is 9.55 Å². The summed E-state index contributed by atoms with van der Waals surface area (Å²) in [6.45, 7) is 1.93. The van der Waals surface area contributed by atoms with Crippen LogP contribution in [-0.4, -0.2) is 41.2 Å². The first-order valence-electron chi connectivity index (χ1n) is 8.99. The summed E-state index contributed by atoms with van der Waals surface area (Å²) in [6, 6.07) is 5.74. The molecule has 0 unspecified atom stereocenters. The molecule has 12 heteroatoms. The molecule has 0 bridgehead atoms. The van der Waals surface area contributed by atoms with Crippen molar-refractivity contribution in [1.29, 1.82) is 0 Å². The van der Waals surface area contributed by atoms with Crippen LogP contribution in [0.1, 0.15) is 6.42 Å². The molecule has 0 spiro atoms. The first kappa shape index (κ1) is 20.3. The SMILES string of the molecule is NC(N)=[NH+]CCCn1cc2c(nc1=O)Nc1c(OCC[NH+]=C(N)N)cccc1S2. The van der Waals surface area contributed by atoms with Crippen LogP contribution in [0.3, 0.4) is 0 Å². The maximum Gasteiger partial charge on any atom is 0.349 e. The molecule has 11 nitrogen and oxygen atoms in total. The zero-order valence-electron chi connectivity index (χ0n) is 15.8. The summed E-state index contributed by atoms with van der Waals surface area (Å²) < 4.78 is 7.38. The Bertz CT molecular complexity index is 995. The summed E-state index contributed by atoms with van der Waals surface area (Å²) in [5, 5.41) is 3.22. The Labute approximate surface area is 171 Å². The van der Waals surface area contributed by atoms with Gasteiger partial charge in [0.25, 0.3) is 0 Å². The summed E-state index contributed by atoms with van der Waals surface area (Å²) in [7, 11) is 0. The van der Waals surface area contributed by atoms with E-state index in [0.29, 0.717) is 44.2 Å². The molecule has 0 fully saturated rings. The molecule has 1 aliphatic rings. The van der Waals surface area contributed by atoms with Crippen LogP contribution in [0, 0.1) is 0 Å². The number of benzene rings is 1. The minimum atomic E-state index is -0.332. The van der Waals surface area contributed by atoms with Gasteiger partial charge in [0, 0.05) is 17.6 Å². The molecule has 2 aromatic rings. The molecule has 0 aliphatic carbocycles. The van der Waals surface area contributed by atoms with Gasteiger partial charge >= 0.3 is 17.6 Å². The third-order valence-corrected chi connectivity index (χ3v) is 5.08. The fourth-order valence-electron chi connectivity index (χ4n) is 2.71. The van der Waals surface area contributed by atoms with E-state index in [0.717, 1.165) is 15.5 Å². The number of para-hydroxylation sites is 1. The van der Waals surface area contributed by atoms with Gasteiger partial charge in [-0.15, -0.1) is 0 Å². The van der Waals surface area contributed by atoms with E-state index in [1.54, 1.807) is 10.8 Å². The van der Waals surface area contributed by atoms with Gasteiger partial charge in [-0.1, -0.05) is 17.8 Å². The number of anilines is 2. The van der Waals surface area contributed by atoms with Gasteiger partial charge in [0.05, 0.1) is 23.7 Å². The number of fused-ring (bicyclic) bond motifs is 2. The van der Waals surface area contributed by atoms with Gasteiger partial charge in [-0.3, -0.25) is 37.5 Å². The highest BCUT2D eigenvalue weighted by molar-refractivity contribution is 7.99. The fraction of sp³-hybridized carbons (Fsp3) is 0.294. The maximum atomic E-state index is 12.4. The topological polar surface area (TPSA) is 188 Å². The van der Waals surface area contributed by atoms with Crippen molar-refractivity contribution in [3.05, 3.63) is 34.9 Å². The molecule has 29 heavy (non-hydrogen) atoms. The van der Waals surface area contributed by atoms with Crippen LogP contribution in [0.15, 0.2) is 39.0 Å². The van der Waals surface area contributed by atoms with Gasteiger partial charge in [-0.2, -0.15) is 4.98 Å². The number of rotatable bonds is 8. The van der Waals surface area contributed by atoms with Crippen LogP contribution in [0.5, 0.6) is 5.75 Å². The molecule has 3 rings (SSSR count). The van der Waals surface area contributed by atoms with E-state index >= 15 is 0 Å². The number of nitrogens with one attached hydrogen (secondary N) is 3. The molecule has 1 aromatic carbocycles. The average molecular weight is 420 g/mol. The Kier molecular flexibility index (Phi) is 6.44. The van der Waals surface area contributed by atoms with Gasteiger partial charge in [0.2, 0.25) is 0 Å². The van der Waals surface area contributed by atoms with Crippen LogP contribution < -0.4 is 48.7 Å². The van der Waals surface area contributed by atoms with Crippen LogP contribution >= 0.6 is 11.8 Å². The Morgan fingerprint density at radius 1 is 1.14 bits per heavy atom. The zero-order chi connectivity index (χ0) is 20.8. The van der Waals surface area contributed by atoms with Crippen molar-refractivity contribution in [3.63, 3.8) is 0 Å². The molecule has 0 radical (unpaired) electrons. The number of aryl methyl sites for hydroxylation is 1. The summed E-state index contributed by atoms with van der Waals surface area (Å²) in [5.74, 6) is 1.48. The monoisotopic (exact) mass is 419 g/mol. The summed E-state index contributed by atoms with van der Waals surface area (Å²) in [6.07, 6.45) is 2.49. The second-order valence-electron chi connectivity index (χ2n) is 6.25. The van der Waals surface area contributed by atoms with E-state index in [9.17, 15) is 4.79 Å². The van der Waals surface area contributed by atoms with E-state index in [2.05, 4.69) is 20.3 Å². The third kappa shape index (κ3) is 5.31. The lowest BCUT2D eigenvalue weighted by atomic mass is 10.3. The molecule has 1 aliphatic heterocycles.